The van der Waals surface area contributed by atoms with E-state index in [0.717, 1.165) is 16.3 Å². The number of nitrogens with zero attached hydrogens (tertiary/aromatic N) is 1. The number of carbonyl (C=O) groups excluding carboxylic acids is 1. The van der Waals surface area contributed by atoms with Gasteiger partial charge in [0, 0.05) is 11.9 Å². The summed E-state index contributed by atoms with van der Waals surface area (Å²) in [6, 6.07) is 7.17. The lowest BCUT2D eigenvalue weighted by Gasteiger charge is -2.09. The molecule has 1 aliphatic rings. The van der Waals surface area contributed by atoms with E-state index in [2.05, 4.69) is 5.32 Å². The molecular formula is C9H9N3O. The molecule has 0 saturated heterocycles. The van der Waals surface area contributed by atoms with E-state index in [1.165, 1.54) is 6.20 Å². The van der Waals surface area contributed by atoms with Crippen molar-refractivity contribution in [3.05, 3.63) is 36.0 Å². The zero-order valence-corrected chi connectivity index (χ0v) is 6.90. The first-order valence-electron chi connectivity index (χ1n) is 3.89. The van der Waals surface area contributed by atoms with Gasteiger partial charge in [-0.1, -0.05) is 18.2 Å². The molecule has 4 heteroatoms. The normalized spacial score (nSPS) is 14.8. The van der Waals surface area contributed by atoms with Crippen molar-refractivity contribution < 1.29 is 4.79 Å². The molecule has 66 valence electrons. The number of nitrogens with one attached hydrogen (secondary N) is 1. The molecule has 1 aromatic rings. The molecular weight excluding hydrogens is 166 g/mol. The van der Waals surface area contributed by atoms with Crippen LogP contribution >= 0.6 is 0 Å². The Balaban J connectivity index is 2.46. The average molecular weight is 175 g/mol. The molecule has 0 unspecified atom stereocenters. The number of nitrogens with two attached hydrogens (primary N) is 1. The third kappa shape index (κ3) is 1.39. The summed E-state index contributed by atoms with van der Waals surface area (Å²) in [6.45, 7) is 0. The summed E-state index contributed by atoms with van der Waals surface area (Å²) < 4.78 is 0. The first-order chi connectivity index (χ1) is 6.27. The van der Waals surface area contributed by atoms with E-state index in [9.17, 15) is 4.79 Å². The maximum atomic E-state index is 11.2. The van der Waals surface area contributed by atoms with Crippen molar-refractivity contribution in [3.63, 3.8) is 0 Å². The minimum absolute atomic E-state index is 0.332. The van der Waals surface area contributed by atoms with Gasteiger partial charge in [0.25, 0.3) is 0 Å². The molecule has 1 heterocycles. The smallest absolute Gasteiger partial charge is 0.306 e. The van der Waals surface area contributed by atoms with E-state index in [0.29, 0.717) is 0 Å². The molecule has 2 amide bonds. The predicted octanol–water partition coefficient (Wildman–Crippen LogP) is 1.38. The van der Waals surface area contributed by atoms with Crippen LogP contribution in [-0.4, -0.2) is 11.0 Å². The third-order valence-electron chi connectivity index (χ3n) is 1.85. The molecule has 0 aliphatic carbocycles. The van der Waals surface area contributed by atoms with Crippen LogP contribution in [0.4, 0.5) is 10.5 Å². The van der Waals surface area contributed by atoms with Gasteiger partial charge in [-0.25, -0.2) is 15.6 Å². The van der Waals surface area contributed by atoms with E-state index < -0.39 is 0 Å². The Bertz CT molecular complexity index is 373. The Morgan fingerprint density at radius 1 is 1.31 bits per heavy atom. The number of benzene rings is 1. The van der Waals surface area contributed by atoms with Crippen LogP contribution in [0.25, 0.3) is 6.08 Å². The van der Waals surface area contributed by atoms with Gasteiger partial charge in [0.05, 0.1) is 0 Å². The number of urea groups is 1. The minimum Gasteiger partial charge on any atom is -0.306 e. The highest BCUT2D eigenvalue weighted by Crippen LogP contribution is 2.19. The summed E-state index contributed by atoms with van der Waals surface area (Å²) in [5.41, 5.74) is 1.72. The number of anilines is 1. The Hall–Kier alpha value is -1.81. The van der Waals surface area contributed by atoms with E-state index in [-0.39, 0.29) is 6.03 Å². The fourth-order valence-electron chi connectivity index (χ4n) is 1.16. The highest BCUT2D eigenvalue weighted by molar-refractivity contribution is 5.94. The highest BCUT2D eigenvalue weighted by atomic mass is 16.2. The summed E-state index contributed by atoms with van der Waals surface area (Å²) in [6.07, 6.45) is 3.31. The molecule has 13 heavy (non-hydrogen) atoms. The number of rotatable bonds is 0. The zero-order valence-electron chi connectivity index (χ0n) is 6.90. The van der Waals surface area contributed by atoms with Crippen molar-refractivity contribution in [2.24, 2.45) is 5.84 Å². The van der Waals surface area contributed by atoms with Crippen molar-refractivity contribution >= 4 is 17.8 Å². The molecule has 2 rings (SSSR count). The van der Waals surface area contributed by atoms with E-state index in [1.54, 1.807) is 6.08 Å². The monoisotopic (exact) mass is 175 g/mol. The summed E-state index contributed by atoms with van der Waals surface area (Å²) in [7, 11) is 0. The predicted molar refractivity (Wildman–Crippen MR) is 50.5 cm³/mol. The number of fused-ring (bicyclic) bond motifs is 1. The van der Waals surface area contributed by atoms with Gasteiger partial charge < -0.3 is 5.32 Å². The second-order valence-corrected chi connectivity index (χ2v) is 2.74. The maximum absolute atomic E-state index is 11.2. The van der Waals surface area contributed by atoms with Crippen LogP contribution in [0.15, 0.2) is 30.5 Å². The second kappa shape index (κ2) is 2.91. The Labute approximate surface area is 75.6 Å². The third-order valence-corrected chi connectivity index (χ3v) is 1.85. The van der Waals surface area contributed by atoms with E-state index >= 15 is 0 Å². The number of carbonyl (C=O) groups is 1. The molecule has 1 aromatic carbocycles. The second-order valence-electron chi connectivity index (χ2n) is 2.74. The number of para-hydroxylation sites is 1. The van der Waals surface area contributed by atoms with Crippen LogP contribution in [0.5, 0.6) is 0 Å². The van der Waals surface area contributed by atoms with Gasteiger partial charge in [-0.3, -0.25) is 0 Å². The number of hydrogen-bond donors (Lipinski definition) is 2. The largest absolute Gasteiger partial charge is 0.340 e. The van der Waals surface area contributed by atoms with Crippen LogP contribution in [-0.2, 0) is 0 Å². The fourth-order valence-corrected chi connectivity index (χ4v) is 1.16. The summed E-state index contributed by atoms with van der Waals surface area (Å²) in [5.74, 6) is 5.39. The van der Waals surface area contributed by atoms with E-state index in [1.807, 2.05) is 24.3 Å². The molecule has 4 nitrogen and oxygen atoms in total. The van der Waals surface area contributed by atoms with E-state index in [4.69, 9.17) is 5.84 Å². The summed E-state index contributed by atoms with van der Waals surface area (Å²) >= 11 is 0. The molecule has 0 atom stereocenters. The summed E-state index contributed by atoms with van der Waals surface area (Å²) in [4.78, 5) is 11.2. The van der Waals surface area contributed by atoms with Crippen LogP contribution in [0.3, 0.4) is 0 Å². The molecule has 0 radical (unpaired) electrons. The van der Waals surface area contributed by atoms with Gasteiger partial charge in [0.15, 0.2) is 0 Å². The van der Waals surface area contributed by atoms with Crippen molar-refractivity contribution in [2.75, 3.05) is 5.32 Å². The number of amides is 2. The fraction of sp³-hybridized carbons (Fsp3) is 0. The lowest BCUT2D eigenvalue weighted by Crippen LogP contribution is -2.35. The van der Waals surface area contributed by atoms with Crippen molar-refractivity contribution in [1.82, 2.24) is 5.01 Å². The SMILES string of the molecule is NN1C=Cc2ccccc2NC1=O. The van der Waals surface area contributed by atoms with Gasteiger partial charge in [-0.05, 0) is 17.7 Å². The number of hydrogen-bond acceptors (Lipinski definition) is 2. The van der Waals surface area contributed by atoms with Crippen LogP contribution in [0.1, 0.15) is 5.56 Å². The molecule has 0 aromatic heterocycles. The lowest BCUT2D eigenvalue weighted by atomic mass is 10.2. The Morgan fingerprint density at radius 3 is 2.92 bits per heavy atom. The Kier molecular flexibility index (Phi) is 1.75. The molecule has 0 fully saturated rings. The maximum Gasteiger partial charge on any atom is 0.340 e. The molecule has 0 bridgehead atoms. The van der Waals surface area contributed by atoms with Crippen LogP contribution in [0.2, 0.25) is 0 Å². The van der Waals surface area contributed by atoms with Gasteiger partial charge in [0.1, 0.15) is 0 Å². The van der Waals surface area contributed by atoms with Gasteiger partial charge in [-0.2, -0.15) is 0 Å². The standard InChI is InChI=1S/C9H9N3O/c10-12-6-5-7-3-1-2-4-8(7)11-9(12)13/h1-6H,10H2,(H,11,13). The van der Waals surface area contributed by atoms with Crippen molar-refractivity contribution in [2.45, 2.75) is 0 Å². The number of hydrazine groups is 1. The van der Waals surface area contributed by atoms with Crippen LogP contribution in [0, 0.1) is 0 Å². The average Bonchev–Trinajstić information content (AvgIpc) is 2.28. The van der Waals surface area contributed by atoms with Gasteiger partial charge in [0.2, 0.25) is 0 Å². The summed E-state index contributed by atoms with van der Waals surface area (Å²) in [5, 5.41) is 3.69. The van der Waals surface area contributed by atoms with Crippen molar-refractivity contribution in [3.8, 4) is 0 Å². The zero-order chi connectivity index (χ0) is 9.26. The topological polar surface area (TPSA) is 58.4 Å². The molecule has 3 N–H and O–H groups in total. The molecule has 0 spiro atoms. The highest BCUT2D eigenvalue weighted by Gasteiger charge is 2.11. The minimum atomic E-state index is -0.332. The molecule has 1 aliphatic heterocycles. The van der Waals surface area contributed by atoms with Crippen molar-refractivity contribution in [1.29, 1.82) is 0 Å². The molecule has 0 saturated carbocycles. The quantitative estimate of drug-likeness (QED) is 0.462. The van der Waals surface area contributed by atoms with Crippen LogP contribution < -0.4 is 11.2 Å². The lowest BCUT2D eigenvalue weighted by molar-refractivity contribution is 0.230. The first-order valence-corrected chi connectivity index (χ1v) is 3.89. The van der Waals surface area contributed by atoms with Gasteiger partial charge >= 0.3 is 6.03 Å². The van der Waals surface area contributed by atoms with Gasteiger partial charge in [-0.15, -0.1) is 0 Å². The first kappa shape index (κ1) is 7.82. The Morgan fingerprint density at radius 2 is 2.08 bits per heavy atom.